The van der Waals surface area contributed by atoms with Gasteiger partial charge in [0.2, 0.25) is 0 Å². The van der Waals surface area contributed by atoms with Crippen LogP contribution in [0.25, 0.3) is 0 Å². The van der Waals surface area contributed by atoms with Gasteiger partial charge in [0.1, 0.15) is 5.75 Å². The van der Waals surface area contributed by atoms with Crippen LogP contribution in [0.1, 0.15) is 48.9 Å². The molecule has 1 aliphatic rings. The molecule has 1 aromatic carbocycles. The van der Waals surface area contributed by atoms with Crippen molar-refractivity contribution in [1.29, 1.82) is 0 Å². The third-order valence-electron chi connectivity index (χ3n) is 4.18. The third kappa shape index (κ3) is 2.77. The van der Waals surface area contributed by atoms with E-state index in [1.54, 1.807) is 7.11 Å². The summed E-state index contributed by atoms with van der Waals surface area (Å²) in [4.78, 5) is 0. The Hall–Kier alpha value is -1.06. The molecule has 1 fully saturated rings. The summed E-state index contributed by atoms with van der Waals surface area (Å²) >= 11 is 0. The van der Waals surface area contributed by atoms with E-state index in [1.165, 1.54) is 17.5 Å². The van der Waals surface area contributed by atoms with Gasteiger partial charge in [0, 0.05) is 12.2 Å². The van der Waals surface area contributed by atoms with Crippen LogP contribution >= 0.6 is 0 Å². The lowest BCUT2D eigenvalue weighted by Gasteiger charge is -2.40. The molecule has 0 saturated carbocycles. The van der Waals surface area contributed by atoms with Crippen molar-refractivity contribution >= 4 is 0 Å². The molecule has 106 valence electrons. The molecule has 3 nitrogen and oxygen atoms in total. The van der Waals surface area contributed by atoms with Crippen LogP contribution < -0.4 is 10.5 Å². The van der Waals surface area contributed by atoms with Gasteiger partial charge in [-0.1, -0.05) is 6.07 Å². The molecular weight excluding hydrogens is 238 g/mol. The maximum Gasteiger partial charge on any atom is 0.124 e. The van der Waals surface area contributed by atoms with E-state index < -0.39 is 0 Å². The van der Waals surface area contributed by atoms with Crippen molar-refractivity contribution < 1.29 is 9.47 Å². The Kier molecular flexibility index (Phi) is 4.16. The van der Waals surface area contributed by atoms with Gasteiger partial charge in [0.15, 0.2) is 0 Å². The SMILES string of the molecule is COc1cc(C)cc(C)c1C(N)C1(C)CCCCO1. The Morgan fingerprint density at radius 3 is 2.63 bits per heavy atom. The molecule has 1 aliphatic heterocycles. The van der Waals surface area contributed by atoms with Crippen molar-refractivity contribution in [3.63, 3.8) is 0 Å². The Labute approximate surface area is 116 Å². The lowest BCUT2D eigenvalue weighted by atomic mass is 9.82. The van der Waals surface area contributed by atoms with Crippen molar-refractivity contribution in [3.8, 4) is 5.75 Å². The molecule has 0 radical (unpaired) electrons. The highest BCUT2D eigenvalue weighted by atomic mass is 16.5. The van der Waals surface area contributed by atoms with Gasteiger partial charge >= 0.3 is 0 Å². The summed E-state index contributed by atoms with van der Waals surface area (Å²) in [6, 6.07) is 4.06. The van der Waals surface area contributed by atoms with Gasteiger partial charge in [-0.15, -0.1) is 0 Å². The quantitative estimate of drug-likeness (QED) is 0.910. The van der Waals surface area contributed by atoms with Crippen molar-refractivity contribution in [2.45, 2.75) is 51.7 Å². The summed E-state index contributed by atoms with van der Waals surface area (Å²) in [6.45, 7) is 7.09. The molecular formula is C16H25NO2. The zero-order valence-electron chi connectivity index (χ0n) is 12.5. The number of hydrogen-bond acceptors (Lipinski definition) is 3. The molecule has 0 aromatic heterocycles. The summed E-state index contributed by atoms with van der Waals surface area (Å²) in [5.74, 6) is 0.875. The normalized spacial score (nSPS) is 25.1. The van der Waals surface area contributed by atoms with Gasteiger partial charge < -0.3 is 15.2 Å². The van der Waals surface area contributed by atoms with E-state index in [-0.39, 0.29) is 11.6 Å². The van der Waals surface area contributed by atoms with Gasteiger partial charge in [-0.25, -0.2) is 0 Å². The molecule has 0 bridgehead atoms. The average Bonchev–Trinajstić information content (AvgIpc) is 2.38. The standard InChI is InChI=1S/C16H25NO2/c1-11-9-12(2)14(13(10-11)18-4)15(17)16(3)7-5-6-8-19-16/h9-10,15H,5-8,17H2,1-4H3. The smallest absolute Gasteiger partial charge is 0.124 e. The zero-order chi connectivity index (χ0) is 14.0. The molecule has 19 heavy (non-hydrogen) atoms. The van der Waals surface area contributed by atoms with Gasteiger partial charge in [-0.2, -0.15) is 0 Å². The first-order chi connectivity index (χ1) is 8.98. The minimum atomic E-state index is -0.286. The number of methoxy groups -OCH3 is 1. The van der Waals surface area contributed by atoms with Crippen LogP contribution in [-0.4, -0.2) is 19.3 Å². The fraction of sp³-hybridized carbons (Fsp3) is 0.625. The number of aryl methyl sites for hydroxylation is 2. The van der Waals surface area contributed by atoms with Crippen LogP contribution in [0.5, 0.6) is 5.75 Å². The summed E-state index contributed by atoms with van der Waals surface area (Å²) in [6.07, 6.45) is 3.31. The predicted octanol–water partition coefficient (Wildman–Crippen LogP) is 3.27. The number of benzene rings is 1. The molecule has 1 aromatic rings. The molecule has 0 aliphatic carbocycles. The average molecular weight is 263 g/mol. The van der Waals surface area contributed by atoms with Crippen LogP contribution in [-0.2, 0) is 4.74 Å². The molecule has 2 unspecified atom stereocenters. The highest BCUT2D eigenvalue weighted by Gasteiger charge is 2.37. The first-order valence-electron chi connectivity index (χ1n) is 7.02. The fourth-order valence-electron chi connectivity index (χ4n) is 3.01. The van der Waals surface area contributed by atoms with E-state index in [0.29, 0.717) is 0 Å². The van der Waals surface area contributed by atoms with Crippen LogP contribution in [0.4, 0.5) is 0 Å². The first kappa shape index (κ1) is 14.4. The number of ether oxygens (including phenoxy) is 2. The molecule has 2 rings (SSSR count). The van der Waals surface area contributed by atoms with E-state index in [0.717, 1.165) is 30.8 Å². The van der Waals surface area contributed by atoms with E-state index in [4.69, 9.17) is 15.2 Å². The molecule has 1 saturated heterocycles. The topological polar surface area (TPSA) is 44.5 Å². The second-order valence-corrected chi connectivity index (χ2v) is 5.79. The molecule has 0 spiro atoms. The minimum Gasteiger partial charge on any atom is -0.496 e. The predicted molar refractivity (Wildman–Crippen MR) is 77.6 cm³/mol. The zero-order valence-corrected chi connectivity index (χ0v) is 12.5. The van der Waals surface area contributed by atoms with Crippen molar-refractivity contribution in [2.24, 2.45) is 5.73 Å². The largest absolute Gasteiger partial charge is 0.496 e. The minimum absolute atomic E-state index is 0.150. The number of rotatable bonds is 3. The van der Waals surface area contributed by atoms with Crippen LogP contribution in [0.3, 0.4) is 0 Å². The van der Waals surface area contributed by atoms with E-state index in [1.807, 2.05) is 6.07 Å². The van der Waals surface area contributed by atoms with Crippen molar-refractivity contribution in [1.82, 2.24) is 0 Å². The maximum atomic E-state index is 6.53. The highest BCUT2D eigenvalue weighted by Crippen LogP contribution is 2.40. The third-order valence-corrected chi connectivity index (χ3v) is 4.18. The summed E-state index contributed by atoms with van der Waals surface area (Å²) in [5.41, 5.74) is 9.70. The lowest BCUT2D eigenvalue weighted by Crippen LogP contribution is -2.43. The Balaban J connectivity index is 2.40. The molecule has 3 heteroatoms. The Morgan fingerprint density at radius 1 is 1.32 bits per heavy atom. The number of nitrogens with two attached hydrogens (primary N) is 1. The van der Waals surface area contributed by atoms with E-state index >= 15 is 0 Å². The van der Waals surface area contributed by atoms with Crippen molar-refractivity contribution in [2.75, 3.05) is 13.7 Å². The van der Waals surface area contributed by atoms with Crippen LogP contribution in [0.2, 0.25) is 0 Å². The second-order valence-electron chi connectivity index (χ2n) is 5.79. The molecule has 1 heterocycles. The second kappa shape index (κ2) is 5.51. The van der Waals surface area contributed by atoms with E-state index in [2.05, 4.69) is 26.8 Å². The molecule has 0 amide bonds. The summed E-state index contributed by atoms with van der Waals surface area (Å²) < 4.78 is 11.5. The van der Waals surface area contributed by atoms with Crippen LogP contribution in [0, 0.1) is 13.8 Å². The van der Waals surface area contributed by atoms with Gasteiger partial charge in [-0.3, -0.25) is 0 Å². The fourth-order valence-corrected chi connectivity index (χ4v) is 3.01. The van der Waals surface area contributed by atoms with Gasteiger partial charge in [-0.05, 0) is 57.2 Å². The van der Waals surface area contributed by atoms with Gasteiger partial charge in [0.25, 0.3) is 0 Å². The highest BCUT2D eigenvalue weighted by molar-refractivity contribution is 5.46. The first-order valence-corrected chi connectivity index (χ1v) is 7.02. The maximum absolute atomic E-state index is 6.53. The monoisotopic (exact) mass is 263 g/mol. The Bertz CT molecular complexity index is 450. The number of hydrogen-bond donors (Lipinski definition) is 1. The van der Waals surface area contributed by atoms with Crippen LogP contribution in [0.15, 0.2) is 12.1 Å². The van der Waals surface area contributed by atoms with Gasteiger partial charge in [0.05, 0.1) is 18.8 Å². The van der Waals surface area contributed by atoms with E-state index in [9.17, 15) is 0 Å². The summed E-state index contributed by atoms with van der Waals surface area (Å²) in [7, 11) is 1.70. The lowest BCUT2D eigenvalue weighted by molar-refractivity contribution is -0.0824. The summed E-state index contributed by atoms with van der Waals surface area (Å²) in [5, 5.41) is 0. The molecule has 2 N–H and O–H groups in total. The molecule has 2 atom stereocenters. The Morgan fingerprint density at radius 2 is 2.05 bits per heavy atom. The van der Waals surface area contributed by atoms with Crippen molar-refractivity contribution in [3.05, 3.63) is 28.8 Å².